The quantitative estimate of drug-likeness (QED) is 0.788. The molecule has 5 heteroatoms. The van der Waals surface area contributed by atoms with E-state index in [0.29, 0.717) is 11.6 Å². The van der Waals surface area contributed by atoms with E-state index in [4.69, 9.17) is 0 Å². The molecule has 0 atom stereocenters. The van der Waals surface area contributed by atoms with Crippen molar-refractivity contribution in [2.75, 3.05) is 11.4 Å². The summed E-state index contributed by atoms with van der Waals surface area (Å²) in [6, 6.07) is 4.35. The van der Waals surface area contributed by atoms with Gasteiger partial charge in [0.15, 0.2) is 0 Å². The molecule has 0 radical (unpaired) electrons. The molecule has 1 aliphatic carbocycles. The zero-order valence-corrected chi connectivity index (χ0v) is 11.4. The second kappa shape index (κ2) is 4.46. The fourth-order valence-electron chi connectivity index (χ4n) is 2.81. The third-order valence-corrected chi connectivity index (χ3v) is 4.39. The molecule has 1 aliphatic heterocycles. The molecule has 4 nitrogen and oxygen atoms in total. The van der Waals surface area contributed by atoms with E-state index >= 15 is 0 Å². The van der Waals surface area contributed by atoms with Crippen LogP contribution in [0, 0.1) is 4.91 Å². The van der Waals surface area contributed by atoms with E-state index in [0.717, 1.165) is 28.7 Å². The van der Waals surface area contributed by atoms with Gasteiger partial charge in [0.05, 0.1) is 5.56 Å². The molecule has 1 aromatic rings. The largest absolute Gasteiger partial charge is 0.368 e. The normalized spacial score (nSPS) is 18.4. The molecule has 1 heterocycles. The van der Waals surface area contributed by atoms with E-state index in [-0.39, 0.29) is 0 Å². The minimum atomic E-state index is -0.664. The van der Waals surface area contributed by atoms with Crippen LogP contribution in [0.4, 0.5) is 5.69 Å². The molecular formula is C13H13BrN2O2. The van der Waals surface area contributed by atoms with Crippen LogP contribution in [0.3, 0.4) is 0 Å². The van der Waals surface area contributed by atoms with Gasteiger partial charge in [0, 0.05) is 27.9 Å². The summed E-state index contributed by atoms with van der Waals surface area (Å²) in [6.07, 6.45) is 4.56. The molecule has 18 heavy (non-hydrogen) atoms. The maximum absolute atomic E-state index is 11.6. The van der Waals surface area contributed by atoms with Crippen molar-refractivity contribution in [3.8, 4) is 0 Å². The smallest absolute Gasteiger partial charge is 0.317 e. The van der Waals surface area contributed by atoms with Crippen LogP contribution < -0.4 is 4.90 Å². The fourth-order valence-corrected chi connectivity index (χ4v) is 3.26. The highest BCUT2D eigenvalue weighted by molar-refractivity contribution is 9.10. The first-order chi connectivity index (χ1) is 8.70. The Labute approximate surface area is 113 Å². The Kier molecular flexibility index (Phi) is 2.93. The van der Waals surface area contributed by atoms with Crippen LogP contribution in [0.2, 0.25) is 0 Å². The standard InChI is InChI=1S/C13H13BrN2O2/c14-8-6-11(13(17)15-18)10-4-5-16(12(10)7-8)9-2-1-3-9/h6-7,9H,1-5H2. The van der Waals surface area contributed by atoms with Crippen LogP contribution in [0.5, 0.6) is 0 Å². The molecule has 1 aromatic carbocycles. The molecule has 1 saturated carbocycles. The summed E-state index contributed by atoms with van der Waals surface area (Å²) in [5.41, 5.74) is 2.53. The zero-order valence-electron chi connectivity index (χ0n) is 9.86. The van der Waals surface area contributed by atoms with Crippen LogP contribution in [-0.4, -0.2) is 18.5 Å². The van der Waals surface area contributed by atoms with E-state index < -0.39 is 5.91 Å². The van der Waals surface area contributed by atoms with Gasteiger partial charge in [0.25, 0.3) is 0 Å². The Bertz CT molecular complexity index is 526. The molecule has 0 spiro atoms. The van der Waals surface area contributed by atoms with E-state index in [1.807, 2.05) is 6.07 Å². The average molecular weight is 309 g/mol. The van der Waals surface area contributed by atoms with Gasteiger partial charge in [-0.3, -0.25) is 4.79 Å². The molecule has 2 aliphatic rings. The second-order valence-electron chi connectivity index (χ2n) is 4.88. The summed E-state index contributed by atoms with van der Waals surface area (Å²) in [5, 5.41) is 2.55. The van der Waals surface area contributed by atoms with Crippen molar-refractivity contribution < 1.29 is 4.79 Å². The highest BCUT2D eigenvalue weighted by Crippen LogP contribution is 2.39. The SMILES string of the molecule is O=NC(=O)c1cc(Br)cc2c1CCN2C1CCC1. The minimum Gasteiger partial charge on any atom is -0.368 e. The lowest BCUT2D eigenvalue weighted by molar-refractivity contribution is 0.1000. The van der Waals surface area contributed by atoms with Crippen molar-refractivity contribution in [1.29, 1.82) is 0 Å². The van der Waals surface area contributed by atoms with Crippen molar-refractivity contribution in [3.05, 3.63) is 32.6 Å². The molecule has 0 unspecified atom stereocenters. The van der Waals surface area contributed by atoms with Crippen LogP contribution in [0.25, 0.3) is 0 Å². The third-order valence-electron chi connectivity index (χ3n) is 3.93. The number of halogens is 1. The van der Waals surface area contributed by atoms with Gasteiger partial charge in [-0.2, -0.15) is 0 Å². The molecule has 0 bridgehead atoms. The van der Waals surface area contributed by atoms with Gasteiger partial charge in [-0.15, -0.1) is 4.91 Å². The van der Waals surface area contributed by atoms with Crippen molar-refractivity contribution in [3.63, 3.8) is 0 Å². The molecule has 0 saturated heterocycles. The Morgan fingerprint density at radius 2 is 2.17 bits per heavy atom. The molecular weight excluding hydrogens is 296 g/mol. The van der Waals surface area contributed by atoms with E-state index in [1.54, 1.807) is 6.07 Å². The van der Waals surface area contributed by atoms with Gasteiger partial charge in [-0.1, -0.05) is 15.9 Å². The first kappa shape index (κ1) is 11.8. The fraction of sp³-hybridized carbons (Fsp3) is 0.462. The lowest BCUT2D eigenvalue weighted by Crippen LogP contribution is -2.38. The maximum Gasteiger partial charge on any atom is 0.317 e. The number of rotatable bonds is 2. The van der Waals surface area contributed by atoms with Gasteiger partial charge in [0.1, 0.15) is 0 Å². The summed E-state index contributed by atoms with van der Waals surface area (Å²) in [7, 11) is 0. The summed E-state index contributed by atoms with van der Waals surface area (Å²) in [6.45, 7) is 0.940. The molecule has 0 aromatic heterocycles. The summed E-state index contributed by atoms with van der Waals surface area (Å²) in [5.74, 6) is -0.664. The zero-order chi connectivity index (χ0) is 12.7. The molecule has 1 fully saturated rings. The topological polar surface area (TPSA) is 49.7 Å². The number of carbonyl (C=O) groups is 1. The number of hydrogen-bond acceptors (Lipinski definition) is 3. The Morgan fingerprint density at radius 3 is 2.78 bits per heavy atom. The first-order valence-corrected chi connectivity index (χ1v) is 6.97. The highest BCUT2D eigenvalue weighted by atomic mass is 79.9. The predicted octanol–water partition coefficient (Wildman–Crippen LogP) is 3.27. The van der Waals surface area contributed by atoms with Gasteiger partial charge in [-0.25, -0.2) is 0 Å². The van der Waals surface area contributed by atoms with Crippen LogP contribution in [-0.2, 0) is 6.42 Å². The van der Waals surface area contributed by atoms with Crippen LogP contribution in [0.15, 0.2) is 21.8 Å². The third kappa shape index (κ3) is 1.77. The molecule has 94 valence electrons. The number of benzene rings is 1. The summed E-state index contributed by atoms with van der Waals surface area (Å²) < 4.78 is 0.833. The lowest BCUT2D eigenvalue weighted by atomic mass is 9.91. The Hall–Kier alpha value is -1.23. The predicted molar refractivity (Wildman–Crippen MR) is 73.0 cm³/mol. The average Bonchev–Trinajstić information content (AvgIpc) is 2.69. The van der Waals surface area contributed by atoms with Crippen molar-refractivity contribution in [2.24, 2.45) is 5.18 Å². The number of anilines is 1. The maximum atomic E-state index is 11.6. The van der Waals surface area contributed by atoms with Gasteiger partial charge in [0.2, 0.25) is 0 Å². The summed E-state index contributed by atoms with van der Waals surface area (Å²) >= 11 is 3.41. The first-order valence-electron chi connectivity index (χ1n) is 6.17. The summed E-state index contributed by atoms with van der Waals surface area (Å²) in [4.78, 5) is 24.4. The number of carbonyl (C=O) groups excluding carboxylic acids is 1. The van der Waals surface area contributed by atoms with Crippen molar-refractivity contribution >= 4 is 27.5 Å². The van der Waals surface area contributed by atoms with Gasteiger partial charge < -0.3 is 4.90 Å². The number of fused-ring (bicyclic) bond motifs is 1. The molecule has 1 amide bonds. The second-order valence-corrected chi connectivity index (χ2v) is 5.79. The molecule has 3 rings (SSSR count). The Balaban J connectivity index is 2.05. The lowest BCUT2D eigenvalue weighted by Gasteiger charge is -2.36. The Morgan fingerprint density at radius 1 is 1.39 bits per heavy atom. The molecule has 0 N–H and O–H groups in total. The number of nitrogens with zero attached hydrogens (tertiary/aromatic N) is 2. The van der Waals surface area contributed by atoms with Gasteiger partial charge in [-0.05, 0) is 43.4 Å². The van der Waals surface area contributed by atoms with E-state index in [2.05, 4.69) is 26.0 Å². The van der Waals surface area contributed by atoms with Crippen LogP contribution >= 0.6 is 15.9 Å². The van der Waals surface area contributed by atoms with E-state index in [1.165, 1.54) is 19.3 Å². The number of nitroso groups, excluding NO2 is 1. The van der Waals surface area contributed by atoms with Gasteiger partial charge >= 0.3 is 5.91 Å². The number of hydrogen-bond donors (Lipinski definition) is 0. The van der Waals surface area contributed by atoms with Crippen molar-refractivity contribution in [2.45, 2.75) is 31.7 Å². The number of amides is 1. The van der Waals surface area contributed by atoms with Crippen LogP contribution in [0.1, 0.15) is 35.2 Å². The van der Waals surface area contributed by atoms with E-state index in [9.17, 15) is 9.70 Å². The monoisotopic (exact) mass is 308 g/mol. The van der Waals surface area contributed by atoms with Crippen molar-refractivity contribution in [1.82, 2.24) is 0 Å². The highest BCUT2D eigenvalue weighted by Gasteiger charge is 2.32. The minimum absolute atomic E-state index is 0.455.